The summed E-state index contributed by atoms with van der Waals surface area (Å²) in [7, 11) is 0. The van der Waals surface area contributed by atoms with Crippen molar-refractivity contribution in [2.24, 2.45) is 0 Å². The fraction of sp³-hybridized carbons (Fsp3) is 0.972. The molecule has 0 aromatic rings. The van der Waals surface area contributed by atoms with Crippen molar-refractivity contribution >= 4 is 5.78 Å². The highest BCUT2D eigenvalue weighted by Crippen LogP contribution is 2.16. The molecule has 222 valence electrons. The van der Waals surface area contributed by atoms with Crippen molar-refractivity contribution in [3.8, 4) is 0 Å². The number of unbranched alkanes of at least 4 members (excludes halogenated alkanes) is 29. The number of carbonyl (C=O) groups excluding carboxylic acids is 1. The summed E-state index contributed by atoms with van der Waals surface area (Å²) in [5.41, 5.74) is 0. The quantitative estimate of drug-likeness (QED) is 0.0786. The van der Waals surface area contributed by atoms with E-state index >= 15 is 0 Å². The predicted octanol–water partition coefficient (Wildman–Crippen LogP) is 13.5. The Morgan fingerprint density at radius 3 is 0.622 bits per heavy atom. The van der Waals surface area contributed by atoms with Gasteiger partial charge in [0.05, 0.1) is 0 Å². The molecule has 0 unspecified atom stereocenters. The molecule has 0 saturated carbocycles. The molecule has 0 rings (SSSR count). The van der Waals surface area contributed by atoms with Crippen LogP contribution in [0.2, 0.25) is 0 Å². The third-order valence-electron chi connectivity index (χ3n) is 8.37. The van der Waals surface area contributed by atoms with Gasteiger partial charge in [-0.2, -0.15) is 0 Å². The van der Waals surface area contributed by atoms with E-state index in [4.69, 9.17) is 0 Å². The van der Waals surface area contributed by atoms with Gasteiger partial charge in [-0.3, -0.25) is 4.79 Å². The predicted molar refractivity (Wildman–Crippen MR) is 169 cm³/mol. The fourth-order valence-corrected chi connectivity index (χ4v) is 5.69. The summed E-state index contributed by atoms with van der Waals surface area (Å²) >= 11 is 0. The van der Waals surface area contributed by atoms with Crippen molar-refractivity contribution in [1.29, 1.82) is 0 Å². The van der Waals surface area contributed by atoms with Gasteiger partial charge in [-0.15, -0.1) is 0 Å². The zero-order valence-electron chi connectivity index (χ0n) is 26.2. The molecule has 0 aromatic heterocycles. The van der Waals surface area contributed by atoms with Crippen LogP contribution in [0.15, 0.2) is 0 Å². The Balaban J connectivity index is 3.14. The van der Waals surface area contributed by atoms with Crippen molar-refractivity contribution in [2.75, 3.05) is 0 Å². The zero-order chi connectivity index (χ0) is 26.9. The Morgan fingerprint density at radius 2 is 0.432 bits per heavy atom. The summed E-state index contributed by atoms with van der Waals surface area (Å²) in [6.07, 6.45) is 44.9. The first kappa shape index (κ1) is 36.7. The maximum atomic E-state index is 12.1. The van der Waals surface area contributed by atoms with E-state index in [2.05, 4.69) is 13.8 Å². The second kappa shape index (κ2) is 33.7. The second-order valence-corrected chi connectivity index (χ2v) is 12.3. The number of ketones is 1. The van der Waals surface area contributed by atoms with E-state index < -0.39 is 0 Å². The molecule has 0 aliphatic rings. The van der Waals surface area contributed by atoms with Crippen LogP contribution in [-0.4, -0.2) is 5.78 Å². The molecule has 0 atom stereocenters. The Kier molecular flexibility index (Phi) is 33.4. The van der Waals surface area contributed by atoms with Crippen LogP contribution >= 0.6 is 0 Å². The first-order valence-electron chi connectivity index (χ1n) is 17.8. The van der Waals surface area contributed by atoms with Crippen molar-refractivity contribution in [3.63, 3.8) is 0 Å². The molecule has 0 spiro atoms. The maximum Gasteiger partial charge on any atom is 0.132 e. The van der Waals surface area contributed by atoms with Crippen molar-refractivity contribution in [2.45, 2.75) is 226 Å². The number of hydrogen-bond donors (Lipinski definition) is 0. The Bertz CT molecular complexity index is 415. The number of Topliss-reactive ketones (excluding diaryl/α,β-unsaturated/α-hetero) is 1. The molecule has 0 saturated heterocycles. The summed E-state index contributed by atoms with van der Waals surface area (Å²) < 4.78 is 0. The fourth-order valence-electron chi connectivity index (χ4n) is 5.69. The van der Waals surface area contributed by atoms with E-state index in [0.717, 1.165) is 25.7 Å². The van der Waals surface area contributed by atoms with Crippen molar-refractivity contribution in [3.05, 3.63) is 0 Å². The molecule has 0 radical (unpaired) electrons. The summed E-state index contributed by atoms with van der Waals surface area (Å²) in [6.45, 7) is 4.59. The Labute approximate surface area is 236 Å². The van der Waals surface area contributed by atoms with Crippen LogP contribution in [0.3, 0.4) is 0 Å². The van der Waals surface area contributed by atoms with Crippen LogP contribution < -0.4 is 0 Å². The van der Waals surface area contributed by atoms with Gasteiger partial charge in [0, 0.05) is 12.8 Å². The van der Waals surface area contributed by atoms with Gasteiger partial charge in [0.15, 0.2) is 0 Å². The smallest absolute Gasteiger partial charge is 0.132 e. The third kappa shape index (κ3) is 33.6. The van der Waals surface area contributed by atoms with Crippen LogP contribution in [0.1, 0.15) is 226 Å². The average Bonchev–Trinajstić information content (AvgIpc) is 2.90. The third-order valence-corrected chi connectivity index (χ3v) is 8.37. The lowest BCUT2D eigenvalue weighted by molar-refractivity contribution is -0.119. The molecule has 0 fully saturated rings. The summed E-state index contributed by atoms with van der Waals surface area (Å²) in [5, 5.41) is 0. The SMILES string of the molecule is CCCCCCCCCCCCCCCCCCC(=O)CCCCCCCCCCCCCCCCC. The highest BCUT2D eigenvalue weighted by atomic mass is 16.1. The lowest BCUT2D eigenvalue weighted by Crippen LogP contribution is -1.97. The molecule has 1 heteroatoms. The summed E-state index contributed by atoms with van der Waals surface area (Å²) in [4.78, 5) is 12.1. The first-order chi connectivity index (χ1) is 18.3. The van der Waals surface area contributed by atoms with Gasteiger partial charge in [-0.05, 0) is 12.8 Å². The van der Waals surface area contributed by atoms with E-state index in [-0.39, 0.29) is 0 Å². The van der Waals surface area contributed by atoms with Crippen LogP contribution in [0.5, 0.6) is 0 Å². The zero-order valence-corrected chi connectivity index (χ0v) is 26.2. The second-order valence-electron chi connectivity index (χ2n) is 12.3. The molecule has 0 N–H and O–H groups in total. The number of hydrogen-bond acceptors (Lipinski definition) is 1. The molecular formula is C36H72O. The van der Waals surface area contributed by atoms with Gasteiger partial charge in [0.25, 0.3) is 0 Å². The van der Waals surface area contributed by atoms with E-state index in [1.807, 2.05) is 0 Å². The molecule has 0 aromatic carbocycles. The topological polar surface area (TPSA) is 17.1 Å². The van der Waals surface area contributed by atoms with E-state index in [1.54, 1.807) is 0 Å². The minimum atomic E-state index is 0.528. The van der Waals surface area contributed by atoms with E-state index in [1.165, 1.54) is 186 Å². The van der Waals surface area contributed by atoms with Crippen LogP contribution in [0.4, 0.5) is 0 Å². The molecule has 0 heterocycles. The number of carbonyl (C=O) groups is 1. The van der Waals surface area contributed by atoms with E-state index in [0.29, 0.717) is 5.78 Å². The van der Waals surface area contributed by atoms with Crippen molar-refractivity contribution in [1.82, 2.24) is 0 Å². The Morgan fingerprint density at radius 1 is 0.270 bits per heavy atom. The summed E-state index contributed by atoms with van der Waals surface area (Å²) in [5.74, 6) is 0.528. The molecule has 0 amide bonds. The molecular weight excluding hydrogens is 448 g/mol. The molecule has 0 aliphatic carbocycles. The standard InChI is InChI=1S/C36H72O/c1-3-5-7-9-11-13-15-17-19-21-23-25-27-29-31-33-35-36(37)34-32-30-28-26-24-22-20-18-16-14-12-10-8-6-4-2/h3-35H2,1-2H3. The van der Waals surface area contributed by atoms with Crippen LogP contribution in [0.25, 0.3) is 0 Å². The average molecular weight is 521 g/mol. The highest BCUT2D eigenvalue weighted by molar-refractivity contribution is 5.78. The van der Waals surface area contributed by atoms with E-state index in [9.17, 15) is 4.79 Å². The normalized spacial score (nSPS) is 11.4. The number of rotatable bonds is 33. The largest absolute Gasteiger partial charge is 0.300 e. The minimum absolute atomic E-state index is 0.528. The monoisotopic (exact) mass is 521 g/mol. The van der Waals surface area contributed by atoms with Crippen LogP contribution in [0, 0.1) is 0 Å². The molecule has 0 bridgehead atoms. The van der Waals surface area contributed by atoms with Crippen LogP contribution in [-0.2, 0) is 4.79 Å². The van der Waals surface area contributed by atoms with Gasteiger partial charge >= 0.3 is 0 Å². The lowest BCUT2D eigenvalue weighted by atomic mass is 10.0. The van der Waals surface area contributed by atoms with Gasteiger partial charge < -0.3 is 0 Å². The van der Waals surface area contributed by atoms with Gasteiger partial charge in [-0.25, -0.2) is 0 Å². The molecule has 1 nitrogen and oxygen atoms in total. The Hall–Kier alpha value is -0.330. The minimum Gasteiger partial charge on any atom is -0.300 e. The molecule has 0 aliphatic heterocycles. The van der Waals surface area contributed by atoms with Gasteiger partial charge in [-0.1, -0.05) is 200 Å². The van der Waals surface area contributed by atoms with Gasteiger partial charge in [0.2, 0.25) is 0 Å². The maximum absolute atomic E-state index is 12.1. The highest BCUT2D eigenvalue weighted by Gasteiger charge is 2.02. The molecule has 37 heavy (non-hydrogen) atoms. The lowest BCUT2D eigenvalue weighted by Gasteiger charge is -2.04. The first-order valence-corrected chi connectivity index (χ1v) is 17.8. The summed E-state index contributed by atoms with van der Waals surface area (Å²) in [6, 6.07) is 0. The van der Waals surface area contributed by atoms with Gasteiger partial charge in [0.1, 0.15) is 5.78 Å². The van der Waals surface area contributed by atoms with Crippen molar-refractivity contribution < 1.29 is 4.79 Å².